The number of hydrogen-bond acceptors (Lipinski definition) is 5. The van der Waals surface area contributed by atoms with E-state index >= 15 is 0 Å². The molecule has 1 aromatic heterocycles. The van der Waals surface area contributed by atoms with Gasteiger partial charge in [0.2, 0.25) is 10.0 Å². The molecule has 5 nitrogen and oxygen atoms in total. The fourth-order valence-corrected chi connectivity index (χ4v) is 7.16. The summed E-state index contributed by atoms with van der Waals surface area (Å²) < 4.78 is 28.5. The number of rotatable bonds is 9. The maximum Gasteiger partial charge on any atom is 0.250 e. The summed E-state index contributed by atoms with van der Waals surface area (Å²) in [4.78, 5) is 3.28. The van der Waals surface area contributed by atoms with E-state index in [-0.39, 0.29) is 0 Å². The number of benzene rings is 2. The molecule has 0 saturated carbocycles. The van der Waals surface area contributed by atoms with Crippen LogP contribution in [0.2, 0.25) is 0 Å². The molecule has 0 radical (unpaired) electrons. The third-order valence-corrected chi connectivity index (χ3v) is 9.74. The molecular formula is C26H31N3O2S2. The van der Waals surface area contributed by atoms with E-state index in [1.165, 1.54) is 40.9 Å². The van der Waals surface area contributed by atoms with Crippen LogP contribution in [-0.4, -0.2) is 45.5 Å². The van der Waals surface area contributed by atoms with Gasteiger partial charge in [-0.1, -0.05) is 48.5 Å². The molecular weight excluding hydrogens is 450 g/mol. The van der Waals surface area contributed by atoms with E-state index < -0.39 is 10.0 Å². The Hall–Kier alpha value is -2.03. The normalized spacial score (nSPS) is 17.0. The minimum atomic E-state index is -3.46. The molecule has 0 atom stereocenters. The Morgan fingerprint density at radius 1 is 0.909 bits per heavy atom. The second kappa shape index (κ2) is 10.1. The molecule has 2 aliphatic rings. The largest absolute Gasteiger partial charge is 0.309 e. The molecule has 0 amide bonds. The van der Waals surface area contributed by atoms with E-state index in [9.17, 15) is 8.42 Å². The van der Waals surface area contributed by atoms with Crippen molar-refractivity contribution in [1.29, 1.82) is 0 Å². The van der Waals surface area contributed by atoms with Gasteiger partial charge in [0.15, 0.2) is 0 Å². The fraction of sp³-hybridized carbons (Fsp3) is 0.385. The highest BCUT2D eigenvalue weighted by Crippen LogP contribution is 2.31. The zero-order chi connectivity index (χ0) is 22.7. The summed E-state index contributed by atoms with van der Waals surface area (Å²) >= 11 is 1.33. The quantitative estimate of drug-likeness (QED) is 0.484. The van der Waals surface area contributed by atoms with Crippen LogP contribution in [0.15, 0.2) is 64.9 Å². The summed E-state index contributed by atoms with van der Waals surface area (Å²) in [5.41, 5.74) is 5.21. The summed E-state index contributed by atoms with van der Waals surface area (Å²) in [5.74, 6) is 0. The highest BCUT2D eigenvalue weighted by molar-refractivity contribution is 7.91. The predicted molar refractivity (Wildman–Crippen MR) is 135 cm³/mol. The minimum absolute atomic E-state index is 0.380. The first kappa shape index (κ1) is 22.7. The van der Waals surface area contributed by atoms with Crippen LogP contribution < -0.4 is 10.0 Å². The van der Waals surface area contributed by atoms with Crippen molar-refractivity contribution >= 4 is 21.4 Å². The van der Waals surface area contributed by atoms with Gasteiger partial charge in [-0.25, -0.2) is 13.1 Å². The van der Waals surface area contributed by atoms with Crippen molar-refractivity contribution in [3.63, 3.8) is 0 Å². The predicted octanol–water partition coefficient (Wildman–Crippen LogP) is 4.05. The minimum Gasteiger partial charge on any atom is -0.309 e. The summed E-state index contributed by atoms with van der Waals surface area (Å²) in [6.45, 7) is 4.22. The first-order valence-electron chi connectivity index (χ1n) is 11.8. The Labute approximate surface area is 200 Å². The van der Waals surface area contributed by atoms with Crippen LogP contribution in [0.1, 0.15) is 29.5 Å². The Morgan fingerprint density at radius 3 is 2.30 bits per heavy atom. The van der Waals surface area contributed by atoms with Crippen molar-refractivity contribution in [3.8, 4) is 10.4 Å². The smallest absolute Gasteiger partial charge is 0.250 e. The molecule has 7 heteroatoms. The number of sulfonamides is 1. The number of hydrogen-bond donors (Lipinski definition) is 2. The molecule has 1 aliphatic heterocycles. The molecule has 33 heavy (non-hydrogen) atoms. The summed E-state index contributed by atoms with van der Waals surface area (Å²) in [6.07, 6.45) is 4.61. The molecule has 2 aromatic carbocycles. The Morgan fingerprint density at radius 2 is 1.61 bits per heavy atom. The summed E-state index contributed by atoms with van der Waals surface area (Å²) in [5, 5.41) is 3.68. The lowest BCUT2D eigenvalue weighted by molar-refractivity contribution is 0.344. The maximum absolute atomic E-state index is 12.7. The van der Waals surface area contributed by atoms with Crippen LogP contribution in [0.4, 0.5) is 0 Å². The Balaban J connectivity index is 1.14. The Kier molecular flexibility index (Phi) is 6.94. The average Bonchev–Trinajstić information content (AvgIpc) is 3.58. The lowest BCUT2D eigenvalue weighted by Gasteiger charge is -2.14. The lowest BCUT2D eigenvalue weighted by Crippen LogP contribution is -2.33. The van der Waals surface area contributed by atoms with Crippen LogP contribution in [-0.2, 0) is 29.4 Å². The van der Waals surface area contributed by atoms with E-state index in [0.29, 0.717) is 16.8 Å². The summed E-state index contributed by atoms with van der Waals surface area (Å²) in [6, 6.07) is 21.2. The van der Waals surface area contributed by atoms with E-state index in [0.717, 1.165) is 49.5 Å². The van der Waals surface area contributed by atoms with Crippen molar-refractivity contribution in [3.05, 3.63) is 77.4 Å². The van der Waals surface area contributed by atoms with Gasteiger partial charge in [-0.2, -0.15) is 0 Å². The van der Waals surface area contributed by atoms with Gasteiger partial charge in [0, 0.05) is 30.6 Å². The van der Waals surface area contributed by atoms with E-state index in [1.807, 2.05) is 6.07 Å². The number of nitrogens with zero attached hydrogens (tertiary/aromatic N) is 1. The second-order valence-electron chi connectivity index (χ2n) is 9.02. The van der Waals surface area contributed by atoms with Gasteiger partial charge < -0.3 is 10.2 Å². The highest BCUT2D eigenvalue weighted by Gasteiger charge is 2.20. The third kappa shape index (κ3) is 5.55. The zero-order valence-corrected chi connectivity index (χ0v) is 20.4. The van der Waals surface area contributed by atoms with Gasteiger partial charge in [0.1, 0.15) is 4.21 Å². The zero-order valence-electron chi connectivity index (χ0n) is 18.8. The van der Waals surface area contributed by atoms with Gasteiger partial charge in [-0.15, -0.1) is 11.3 Å². The van der Waals surface area contributed by atoms with Crippen molar-refractivity contribution < 1.29 is 8.42 Å². The van der Waals surface area contributed by atoms with Crippen LogP contribution >= 0.6 is 11.3 Å². The standard InChI is InChI=1S/C26H31N3O2S2/c30-33(31,28-13-16-29-14-3-4-15-29)26-12-11-25(32-26)21-9-7-20(8-10-21)19-27-24-17-22-5-1-2-6-23(22)18-24/h1-2,5-12,24,27-28H,3-4,13-19H2. The van der Waals surface area contributed by atoms with Gasteiger partial charge >= 0.3 is 0 Å². The second-order valence-corrected chi connectivity index (χ2v) is 12.1. The summed E-state index contributed by atoms with van der Waals surface area (Å²) in [7, 11) is -3.46. The molecule has 0 spiro atoms. The molecule has 1 aliphatic carbocycles. The van der Waals surface area contributed by atoms with Gasteiger partial charge in [-0.05, 0) is 73.2 Å². The van der Waals surface area contributed by atoms with E-state index in [2.05, 4.69) is 63.5 Å². The third-order valence-electron chi connectivity index (χ3n) is 6.65. The average molecular weight is 482 g/mol. The molecule has 174 valence electrons. The van der Waals surface area contributed by atoms with E-state index in [1.54, 1.807) is 6.07 Å². The number of likely N-dealkylation sites (tertiary alicyclic amines) is 1. The van der Waals surface area contributed by atoms with Gasteiger partial charge in [0.25, 0.3) is 0 Å². The molecule has 0 bridgehead atoms. The van der Waals surface area contributed by atoms with Crippen molar-refractivity contribution in [2.24, 2.45) is 0 Å². The monoisotopic (exact) mass is 481 g/mol. The van der Waals surface area contributed by atoms with Crippen LogP contribution in [0.3, 0.4) is 0 Å². The van der Waals surface area contributed by atoms with Gasteiger partial charge in [-0.3, -0.25) is 0 Å². The van der Waals surface area contributed by atoms with Crippen LogP contribution in [0.25, 0.3) is 10.4 Å². The first-order valence-corrected chi connectivity index (χ1v) is 14.1. The fourth-order valence-electron chi connectivity index (χ4n) is 4.79. The SMILES string of the molecule is O=S(=O)(NCCN1CCCC1)c1ccc(-c2ccc(CNC3Cc4ccccc4C3)cc2)s1. The number of thiophene rings is 1. The van der Waals surface area contributed by atoms with Crippen LogP contribution in [0, 0.1) is 0 Å². The van der Waals surface area contributed by atoms with Crippen molar-refractivity contribution in [2.45, 2.75) is 42.5 Å². The maximum atomic E-state index is 12.7. The van der Waals surface area contributed by atoms with Crippen molar-refractivity contribution in [2.75, 3.05) is 26.2 Å². The molecule has 2 heterocycles. The molecule has 3 aromatic rings. The first-order chi connectivity index (χ1) is 16.1. The number of nitrogens with one attached hydrogen (secondary N) is 2. The highest BCUT2D eigenvalue weighted by atomic mass is 32.2. The molecule has 1 fully saturated rings. The lowest BCUT2D eigenvalue weighted by atomic mass is 10.1. The van der Waals surface area contributed by atoms with Gasteiger partial charge in [0.05, 0.1) is 0 Å². The van der Waals surface area contributed by atoms with Crippen molar-refractivity contribution in [1.82, 2.24) is 14.9 Å². The number of fused-ring (bicyclic) bond motifs is 1. The molecule has 1 saturated heterocycles. The molecule has 0 unspecified atom stereocenters. The molecule has 2 N–H and O–H groups in total. The van der Waals surface area contributed by atoms with E-state index in [4.69, 9.17) is 0 Å². The molecule has 5 rings (SSSR count). The van der Waals surface area contributed by atoms with Crippen LogP contribution in [0.5, 0.6) is 0 Å². The Bertz CT molecular complexity index is 1160. The topological polar surface area (TPSA) is 61.4 Å².